The Morgan fingerprint density at radius 2 is 2.26 bits per heavy atom. The predicted molar refractivity (Wildman–Crippen MR) is 87.0 cm³/mol. The van der Waals surface area contributed by atoms with Gasteiger partial charge in [0.1, 0.15) is 0 Å². The molecular weight excluding hydrogens is 252 g/mol. The van der Waals surface area contributed by atoms with E-state index in [0.29, 0.717) is 5.41 Å². The number of nitrogens with zero attached hydrogens (tertiary/aromatic N) is 1. The molecule has 0 aromatic rings. The van der Waals surface area contributed by atoms with Gasteiger partial charge in [0.05, 0.1) is 0 Å². The first-order chi connectivity index (χ1) is 9.17. The van der Waals surface area contributed by atoms with E-state index in [2.05, 4.69) is 42.9 Å². The van der Waals surface area contributed by atoms with E-state index in [1.165, 1.54) is 64.0 Å². The highest BCUT2D eigenvalue weighted by molar-refractivity contribution is 8.00. The average molecular weight is 285 g/mol. The molecule has 2 nitrogen and oxygen atoms in total. The SMILES string of the molecule is CCC1CN(CC2(CNC)CCCC(C)C2)CCS1. The van der Waals surface area contributed by atoms with Crippen LogP contribution in [-0.2, 0) is 0 Å². The van der Waals surface area contributed by atoms with Crippen LogP contribution in [0.1, 0.15) is 46.0 Å². The molecule has 0 bridgehead atoms. The maximum atomic E-state index is 3.48. The topological polar surface area (TPSA) is 15.3 Å². The molecule has 19 heavy (non-hydrogen) atoms. The van der Waals surface area contributed by atoms with Crippen molar-refractivity contribution in [1.29, 1.82) is 0 Å². The molecule has 0 spiro atoms. The minimum absolute atomic E-state index is 0.548. The zero-order chi connectivity index (χ0) is 13.7. The number of hydrogen-bond donors (Lipinski definition) is 1. The molecule has 1 heterocycles. The Kier molecular flexibility index (Phi) is 6.04. The molecule has 2 rings (SSSR count). The van der Waals surface area contributed by atoms with Crippen molar-refractivity contribution in [3.05, 3.63) is 0 Å². The third kappa shape index (κ3) is 4.37. The summed E-state index contributed by atoms with van der Waals surface area (Å²) in [6.45, 7) is 9.95. The Morgan fingerprint density at radius 3 is 2.95 bits per heavy atom. The molecule has 1 N–H and O–H groups in total. The van der Waals surface area contributed by atoms with Gasteiger partial charge in [0, 0.05) is 37.2 Å². The second-order valence-corrected chi connectivity index (χ2v) is 8.28. The lowest BCUT2D eigenvalue weighted by Gasteiger charge is -2.45. The van der Waals surface area contributed by atoms with Crippen molar-refractivity contribution in [2.75, 3.05) is 39.0 Å². The Morgan fingerprint density at radius 1 is 1.42 bits per heavy atom. The fraction of sp³-hybridized carbons (Fsp3) is 1.00. The van der Waals surface area contributed by atoms with Gasteiger partial charge >= 0.3 is 0 Å². The highest BCUT2D eigenvalue weighted by Crippen LogP contribution is 2.40. The lowest BCUT2D eigenvalue weighted by atomic mass is 9.69. The van der Waals surface area contributed by atoms with E-state index >= 15 is 0 Å². The fourth-order valence-electron chi connectivity index (χ4n) is 4.15. The van der Waals surface area contributed by atoms with Gasteiger partial charge in [-0.05, 0) is 37.6 Å². The highest BCUT2D eigenvalue weighted by atomic mass is 32.2. The van der Waals surface area contributed by atoms with Gasteiger partial charge in [-0.2, -0.15) is 11.8 Å². The lowest BCUT2D eigenvalue weighted by Crippen LogP contribution is -2.49. The summed E-state index contributed by atoms with van der Waals surface area (Å²) in [5.41, 5.74) is 0.548. The summed E-state index contributed by atoms with van der Waals surface area (Å²) in [4.78, 5) is 2.76. The van der Waals surface area contributed by atoms with Crippen LogP contribution in [0.15, 0.2) is 0 Å². The van der Waals surface area contributed by atoms with Crippen LogP contribution in [0.2, 0.25) is 0 Å². The van der Waals surface area contributed by atoms with E-state index in [0.717, 1.165) is 11.2 Å². The first kappa shape index (κ1) is 15.7. The smallest absolute Gasteiger partial charge is 0.0172 e. The van der Waals surface area contributed by atoms with Gasteiger partial charge in [-0.25, -0.2) is 0 Å². The Bertz CT molecular complexity index is 267. The average Bonchev–Trinajstić information content (AvgIpc) is 2.39. The molecule has 2 aliphatic rings. The first-order valence-electron chi connectivity index (χ1n) is 8.16. The summed E-state index contributed by atoms with van der Waals surface area (Å²) in [6.07, 6.45) is 7.06. The van der Waals surface area contributed by atoms with Crippen LogP contribution < -0.4 is 5.32 Å². The molecule has 3 unspecified atom stereocenters. The molecule has 0 radical (unpaired) electrons. The summed E-state index contributed by atoms with van der Waals surface area (Å²) in [5.74, 6) is 2.26. The van der Waals surface area contributed by atoms with E-state index in [1.54, 1.807) is 0 Å². The second-order valence-electron chi connectivity index (χ2n) is 6.87. The summed E-state index contributed by atoms with van der Waals surface area (Å²) in [6, 6.07) is 0. The summed E-state index contributed by atoms with van der Waals surface area (Å²) in [5, 5.41) is 4.36. The van der Waals surface area contributed by atoms with Gasteiger partial charge in [0.2, 0.25) is 0 Å². The van der Waals surface area contributed by atoms with Crippen LogP contribution in [0.5, 0.6) is 0 Å². The quantitative estimate of drug-likeness (QED) is 0.834. The van der Waals surface area contributed by atoms with Crippen LogP contribution in [0.4, 0.5) is 0 Å². The summed E-state index contributed by atoms with van der Waals surface area (Å²) in [7, 11) is 2.13. The van der Waals surface area contributed by atoms with E-state index in [4.69, 9.17) is 0 Å². The largest absolute Gasteiger partial charge is 0.319 e. The molecule has 1 saturated carbocycles. The van der Waals surface area contributed by atoms with Gasteiger partial charge in [0.15, 0.2) is 0 Å². The van der Waals surface area contributed by atoms with Crippen LogP contribution in [0.25, 0.3) is 0 Å². The summed E-state index contributed by atoms with van der Waals surface area (Å²) < 4.78 is 0. The fourth-order valence-corrected chi connectivity index (χ4v) is 5.40. The van der Waals surface area contributed by atoms with Crippen molar-refractivity contribution < 1.29 is 0 Å². The van der Waals surface area contributed by atoms with Crippen molar-refractivity contribution >= 4 is 11.8 Å². The Balaban J connectivity index is 1.95. The standard InChI is InChI=1S/C16H32N2S/c1-4-15-11-18(8-9-19-15)13-16(12-17-3)7-5-6-14(2)10-16/h14-15,17H,4-13H2,1-3H3. The van der Waals surface area contributed by atoms with Crippen LogP contribution in [0, 0.1) is 11.3 Å². The maximum absolute atomic E-state index is 3.48. The molecule has 1 aliphatic carbocycles. The van der Waals surface area contributed by atoms with E-state index in [9.17, 15) is 0 Å². The van der Waals surface area contributed by atoms with Crippen LogP contribution in [-0.4, -0.2) is 49.1 Å². The third-order valence-corrected chi connectivity index (χ3v) is 6.35. The molecule has 0 aromatic heterocycles. The van der Waals surface area contributed by atoms with E-state index in [-0.39, 0.29) is 0 Å². The normalized spacial score (nSPS) is 37.4. The predicted octanol–water partition coefficient (Wildman–Crippen LogP) is 3.23. The number of thioether (sulfide) groups is 1. The molecule has 3 heteroatoms. The van der Waals surface area contributed by atoms with Crippen molar-refractivity contribution in [1.82, 2.24) is 10.2 Å². The second kappa shape index (κ2) is 7.33. The lowest BCUT2D eigenvalue weighted by molar-refractivity contribution is 0.0832. The Hall–Kier alpha value is 0.270. The number of rotatable bonds is 5. The molecule has 0 aromatic carbocycles. The zero-order valence-corrected chi connectivity index (χ0v) is 13.9. The van der Waals surface area contributed by atoms with Crippen molar-refractivity contribution in [2.24, 2.45) is 11.3 Å². The highest BCUT2D eigenvalue weighted by Gasteiger charge is 2.36. The first-order valence-corrected chi connectivity index (χ1v) is 9.21. The van der Waals surface area contributed by atoms with Crippen LogP contribution >= 0.6 is 11.8 Å². The molecule has 0 amide bonds. The Labute approximate surface area is 124 Å². The van der Waals surface area contributed by atoms with Gasteiger partial charge in [-0.1, -0.05) is 26.7 Å². The summed E-state index contributed by atoms with van der Waals surface area (Å²) >= 11 is 2.18. The molecular formula is C16H32N2S. The molecule has 2 fully saturated rings. The van der Waals surface area contributed by atoms with Crippen LogP contribution in [0.3, 0.4) is 0 Å². The van der Waals surface area contributed by atoms with Crippen molar-refractivity contribution in [3.63, 3.8) is 0 Å². The van der Waals surface area contributed by atoms with Crippen molar-refractivity contribution in [3.8, 4) is 0 Å². The number of hydrogen-bond acceptors (Lipinski definition) is 3. The van der Waals surface area contributed by atoms with E-state index < -0.39 is 0 Å². The zero-order valence-electron chi connectivity index (χ0n) is 13.1. The molecule has 1 aliphatic heterocycles. The minimum atomic E-state index is 0.548. The molecule has 3 atom stereocenters. The minimum Gasteiger partial charge on any atom is -0.319 e. The van der Waals surface area contributed by atoms with Crippen molar-refractivity contribution in [2.45, 2.75) is 51.2 Å². The third-order valence-electron chi connectivity index (χ3n) is 4.97. The van der Waals surface area contributed by atoms with E-state index in [1.807, 2.05) is 0 Å². The maximum Gasteiger partial charge on any atom is 0.0172 e. The van der Waals surface area contributed by atoms with Gasteiger partial charge in [-0.3, -0.25) is 0 Å². The molecule has 1 saturated heterocycles. The van der Waals surface area contributed by atoms with Gasteiger partial charge in [-0.15, -0.1) is 0 Å². The van der Waals surface area contributed by atoms with Gasteiger partial charge in [0.25, 0.3) is 0 Å². The number of nitrogens with one attached hydrogen (secondary N) is 1. The monoisotopic (exact) mass is 284 g/mol. The molecule has 112 valence electrons. The van der Waals surface area contributed by atoms with Gasteiger partial charge < -0.3 is 10.2 Å².